The molecular weight excluding hydrogens is 134 g/mol. The van der Waals surface area contributed by atoms with E-state index in [2.05, 4.69) is 39.1 Å². The van der Waals surface area contributed by atoms with Crippen molar-refractivity contribution in [2.45, 2.75) is 27.7 Å². The van der Waals surface area contributed by atoms with Gasteiger partial charge >= 0.3 is 0 Å². The minimum absolute atomic E-state index is 0.367. The molecule has 0 aromatic carbocycles. The molecule has 1 aliphatic heterocycles. The molecule has 1 nitrogen and oxygen atoms in total. The second-order valence-electron chi connectivity index (χ2n) is 4.33. The quantitative estimate of drug-likeness (QED) is 0.569. The first-order valence-corrected chi connectivity index (χ1v) is 4.45. The van der Waals surface area contributed by atoms with Crippen LogP contribution in [0.3, 0.4) is 0 Å². The molecule has 1 N–H and O–H groups in total. The Bertz CT molecular complexity index is 166. The number of nitrogens with one attached hydrogen (secondary N) is 1. The highest BCUT2D eigenvalue weighted by molar-refractivity contribution is 5.18. The van der Waals surface area contributed by atoms with Crippen molar-refractivity contribution in [1.29, 1.82) is 0 Å². The van der Waals surface area contributed by atoms with E-state index in [4.69, 9.17) is 0 Å². The maximum absolute atomic E-state index is 3.38. The molecule has 11 heavy (non-hydrogen) atoms. The molecule has 1 rings (SSSR count). The Hall–Kier alpha value is -0.300. The summed E-state index contributed by atoms with van der Waals surface area (Å²) in [6.07, 6.45) is 2.34. The Labute approximate surface area is 69.9 Å². The van der Waals surface area contributed by atoms with Crippen LogP contribution in [0.4, 0.5) is 0 Å². The van der Waals surface area contributed by atoms with Crippen LogP contribution in [0.15, 0.2) is 11.6 Å². The molecule has 0 amide bonds. The van der Waals surface area contributed by atoms with Crippen molar-refractivity contribution in [2.75, 3.05) is 13.1 Å². The fourth-order valence-corrected chi connectivity index (χ4v) is 1.96. The SMILES string of the molecule is CC(C)C1=CCNCC1(C)C. The van der Waals surface area contributed by atoms with Crippen LogP contribution in [-0.2, 0) is 0 Å². The smallest absolute Gasteiger partial charge is 0.0138 e. The van der Waals surface area contributed by atoms with E-state index in [1.54, 1.807) is 5.57 Å². The van der Waals surface area contributed by atoms with Crippen LogP contribution < -0.4 is 5.32 Å². The molecular formula is C10H19N. The Kier molecular flexibility index (Phi) is 2.38. The van der Waals surface area contributed by atoms with Crippen LogP contribution in [-0.4, -0.2) is 13.1 Å². The molecule has 0 fully saturated rings. The number of rotatable bonds is 1. The summed E-state index contributed by atoms with van der Waals surface area (Å²) in [5.74, 6) is 0.701. The Morgan fingerprint density at radius 3 is 2.45 bits per heavy atom. The summed E-state index contributed by atoms with van der Waals surface area (Å²) in [6, 6.07) is 0. The van der Waals surface area contributed by atoms with Gasteiger partial charge in [0.1, 0.15) is 0 Å². The van der Waals surface area contributed by atoms with E-state index >= 15 is 0 Å². The topological polar surface area (TPSA) is 12.0 Å². The summed E-state index contributed by atoms with van der Waals surface area (Å²) in [5.41, 5.74) is 1.98. The van der Waals surface area contributed by atoms with Crippen molar-refractivity contribution in [3.05, 3.63) is 11.6 Å². The Morgan fingerprint density at radius 2 is 2.09 bits per heavy atom. The van der Waals surface area contributed by atoms with E-state index in [-0.39, 0.29) is 0 Å². The van der Waals surface area contributed by atoms with Crippen molar-refractivity contribution < 1.29 is 0 Å². The van der Waals surface area contributed by atoms with Gasteiger partial charge in [0.25, 0.3) is 0 Å². The fraction of sp³-hybridized carbons (Fsp3) is 0.800. The first kappa shape index (κ1) is 8.79. The summed E-state index contributed by atoms with van der Waals surface area (Å²) in [7, 11) is 0. The van der Waals surface area contributed by atoms with E-state index in [0.29, 0.717) is 11.3 Å². The van der Waals surface area contributed by atoms with Crippen molar-refractivity contribution in [1.82, 2.24) is 5.32 Å². The molecule has 0 saturated carbocycles. The Morgan fingerprint density at radius 1 is 1.45 bits per heavy atom. The lowest BCUT2D eigenvalue weighted by Crippen LogP contribution is -2.37. The van der Waals surface area contributed by atoms with Gasteiger partial charge in [-0.25, -0.2) is 0 Å². The molecule has 0 saturated heterocycles. The van der Waals surface area contributed by atoms with E-state index in [1.807, 2.05) is 0 Å². The standard InChI is InChI=1S/C10H19N/c1-8(2)9-5-6-11-7-10(9,3)4/h5,8,11H,6-7H2,1-4H3. The fourth-order valence-electron chi connectivity index (χ4n) is 1.96. The maximum Gasteiger partial charge on any atom is 0.0138 e. The van der Waals surface area contributed by atoms with Gasteiger partial charge in [-0.1, -0.05) is 39.3 Å². The van der Waals surface area contributed by atoms with Crippen LogP contribution in [0.1, 0.15) is 27.7 Å². The second kappa shape index (κ2) is 2.98. The molecule has 0 spiro atoms. The van der Waals surface area contributed by atoms with Crippen LogP contribution >= 0.6 is 0 Å². The minimum atomic E-state index is 0.367. The normalized spacial score (nSPS) is 23.5. The lowest BCUT2D eigenvalue weighted by Gasteiger charge is -2.34. The third-order valence-electron chi connectivity index (χ3n) is 2.44. The summed E-state index contributed by atoms with van der Waals surface area (Å²) < 4.78 is 0. The zero-order valence-electron chi connectivity index (χ0n) is 8.07. The molecule has 0 atom stereocenters. The number of hydrogen-bond donors (Lipinski definition) is 1. The van der Waals surface area contributed by atoms with E-state index < -0.39 is 0 Å². The van der Waals surface area contributed by atoms with Gasteiger partial charge in [-0.15, -0.1) is 0 Å². The predicted molar refractivity (Wildman–Crippen MR) is 49.6 cm³/mol. The van der Waals surface area contributed by atoms with Gasteiger partial charge < -0.3 is 5.32 Å². The van der Waals surface area contributed by atoms with Gasteiger partial charge in [0.05, 0.1) is 0 Å². The monoisotopic (exact) mass is 153 g/mol. The van der Waals surface area contributed by atoms with Gasteiger partial charge in [0.15, 0.2) is 0 Å². The van der Waals surface area contributed by atoms with Gasteiger partial charge in [-0.2, -0.15) is 0 Å². The molecule has 1 heterocycles. The highest BCUT2D eigenvalue weighted by atomic mass is 14.9. The largest absolute Gasteiger partial charge is 0.312 e. The summed E-state index contributed by atoms with van der Waals surface area (Å²) in [6.45, 7) is 11.3. The van der Waals surface area contributed by atoms with Gasteiger partial charge in [-0.3, -0.25) is 0 Å². The average molecular weight is 153 g/mol. The predicted octanol–water partition coefficient (Wildman–Crippen LogP) is 2.20. The first-order valence-electron chi connectivity index (χ1n) is 4.45. The van der Waals surface area contributed by atoms with Gasteiger partial charge in [0.2, 0.25) is 0 Å². The molecule has 0 radical (unpaired) electrons. The molecule has 64 valence electrons. The van der Waals surface area contributed by atoms with Crippen LogP contribution in [0.5, 0.6) is 0 Å². The number of hydrogen-bond acceptors (Lipinski definition) is 1. The van der Waals surface area contributed by atoms with Gasteiger partial charge in [-0.05, 0) is 11.3 Å². The highest BCUT2D eigenvalue weighted by Gasteiger charge is 2.26. The first-order chi connectivity index (χ1) is 5.04. The van der Waals surface area contributed by atoms with Crippen molar-refractivity contribution >= 4 is 0 Å². The van der Waals surface area contributed by atoms with Crippen molar-refractivity contribution in [3.63, 3.8) is 0 Å². The molecule has 1 aliphatic rings. The zero-order chi connectivity index (χ0) is 8.48. The molecule has 0 aliphatic carbocycles. The summed E-state index contributed by atoms with van der Waals surface area (Å²) in [5, 5.41) is 3.38. The third kappa shape index (κ3) is 1.84. The van der Waals surface area contributed by atoms with E-state index in [0.717, 1.165) is 13.1 Å². The summed E-state index contributed by atoms with van der Waals surface area (Å²) in [4.78, 5) is 0. The van der Waals surface area contributed by atoms with E-state index in [1.165, 1.54) is 0 Å². The molecule has 1 heteroatoms. The van der Waals surface area contributed by atoms with Crippen molar-refractivity contribution in [2.24, 2.45) is 11.3 Å². The van der Waals surface area contributed by atoms with Crippen LogP contribution in [0, 0.1) is 11.3 Å². The minimum Gasteiger partial charge on any atom is -0.312 e. The molecule has 0 aromatic rings. The second-order valence-corrected chi connectivity index (χ2v) is 4.33. The molecule has 0 unspecified atom stereocenters. The highest BCUT2D eigenvalue weighted by Crippen LogP contribution is 2.32. The molecule has 0 bridgehead atoms. The van der Waals surface area contributed by atoms with E-state index in [9.17, 15) is 0 Å². The molecule has 0 aromatic heterocycles. The summed E-state index contributed by atoms with van der Waals surface area (Å²) >= 11 is 0. The Balaban J connectivity index is 2.80. The zero-order valence-corrected chi connectivity index (χ0v) is 8.07. The van der Waals surface area contributed by atoms with Crippen LogP contribution in [0.2, 0.25) is 0 Å². The average Bonchev–Trinajstić information content (AvgIpc) is 1.85. The third-order valence-corrected chi connectivity index (χ3v) is 2.44. The van der Waals surface area contributed by atoms with Crippen molar-refractivity contribution in [3.8, 4) is 0 Å². The lowest BCUT2D eigenvalue weighted by molar-refractivity contribution is 0.362. The maximum atomic E-state index is 3.38. The van der Waals surface area contributed by atoms with Gasteiger partial charge in [0, 0.05) is 13.1 Å². The lowest BCUT2D eigenvalue weighted by atomic mass is 9.76. The van der Waals surface area contributed by atoms with Crippen LogP contribution in [0.25, 0.3) is 0 Å².